The molecule has 3 heterocycles. The summed E-state index contributed by atoms with van der Waals surface area (Å²) in [6.07, 6.45) is 3.03. The Morgan fingerprint density at radius 1 is 1.38 bits per heavy atom. The number of piperidine rings is 1. The van der Waals surface area contributed by atoms with Gasteiger partial charge < -0.3 is 14.6 Å². The quantitative estimate of drug-likeness (QED) is 0.783. The summed E-state index contributed by atoms with van der Waals surface area (Å²) < 4.78 is 5.28. The van der Waals surface area contributed by atoms with E-state index in [2.05, 4.69) is 10.6 Å². The molecule has 3 rings (SSSR count). The molecule has 1 spiro atoms. The minimum atomic E-state index is -0.849. The van der Waals surface area contributed by atoms with Crippen molar-refractivity contribution in [2.75, 3.05) is 13.1 Å². The molecule has 0 radical (unpaired) electrons. The van der Waals surface area contributed by atoms with Crippen LogP contribution in [0.15, 0.2) is 16.7 Å². The largest absolute Gasteiger partial charge is 0.469 e. The predicted octanol–water partition coefficient (Wildman–Crippen LogP) is 0.656. The molecule has 0 unspecified atom stereocenters. The van der Waals surface area contributed by atoms with Crippen molar-refractivity contribution in [2.24, 2.45) is 0 Å². The molecule has 2 aliphatic rings. The Bertz CT molecular complexity index is 599. The van der Waals surface area contributed by atoms with Crippen LogP contribution in [0.2, 0.25) is 0 Å². The van der Waals surface area contributed by atoms with Gasteiger partial charge in [-0.3, -0.25) is 14.9 Å². The van der Waals surface area contributed by atoms with Crippen molar-refractivity contribution >= 4 is 17.8 Å². The van der Waals surface area contributed by atoms with Crippen molar-refractivity contribution in [2.45, 2.75) is 31.7 Å². The van der Waals surface area contributed by atoms with Gasteiger partial charge in [0.05, 0.1) is 11.8 Å². The molecule has 0 aromatic carbocycles. The highest BCUT2D eigenvalue weighted by Gasteiger charge is 2.48. The number of carbonyl (C=O) groups excluding carboxylic acids is 3. The number of imide groups is 1. The van der Waals surface area contributed by atoms with E-state index in [0.29, 0.717) is 43.7 Å². The lowest BCUT2D eigenvalue weighted by Crippen LogP contribution is -2.55. The number of carbonyl (C=O) groups is 3. The number of amides is 4. The molecule has 4 amide bonds. The predicted molar refractivity (Wildman–Crippen MR) is 72.6 cm³/mol. The number of hydrogen-bond donors (Lipinski definition) is 2. The van der Waals surface area contributed by atoms with E-state index in [1.807, 2.05) is 6.92 Å². The maximum absolute atomic E-state index is 12.5. The molecular weight excluding hydrogens is 274 g/mol. The van der Waals surface area contributed by atoms with Gasteiger partial charge in [-0.2, -0.15) is 0 Å². The molecule has 0 saturated carbocycles. The van der Waals surface area contributed by atoms with Gasteiger partial charge in [-0.25, -0.2) is 4.79 Å². The van der Waals surface area contributed by atoms with Crippen LogP contribution >= 0.6 is 0 Å². The van der Waals surface area contributed by atoms with Crippen LogP contribution < -0.4 is 10.6 Å². The third kappa shape index (κ3) is 2.18. The van der Waals surface area contributed by atoms with Gasteiger partial charge in [0.1, 0.15) is 11.3 Å². The normalized spacial score (nSPS) is 20.5. The maximum atomic E-state index is 12.5. The van der Waals surface area contributed by atoms with E-state index in [9.17, 15) is 14.4 Å². The van der Waals surface area contributed by atoms with Crippen LogP contribution in [0.1, 0.15) is 35.9 Å². The zero-order chi connectivity index (χ0) is 15.0. The van der Waals surface area contributed by atoms with Crippen molar-refractivity contribution in [3.8, 4) is 0 Å². The van der Waals surface area contributed by atoms with Crippen LogP contribution in [-0.4, -0.2) is 41.4 Å². The summed E-state index contributed by atoms with van der Waals surface area (Å²) in [6.45, 7) is 2.79. The van der Waals surface area contributed by atoms with Gasteiger partial charge in [-0.1, -0.05) is 6.92 Å². The summed E-state index contributed by atoms with van der Waals surface area (Å²) in [5.74, 6) is 0.296. The van der Waals surface area contributed by atoms with Gasteiger partial charge in [-0.15, -0.1) is 0 Å². The van der Waals surface area contributed by atoms with E-state index in [1.165, 1.54) is 6.26 Å². The Labute approximate surface area is 121 Å². The number of likely N-dealkylation sites (tertiary alicyclic amines) is 1. The first kappa shape index (κ1) is 13.7. The zero-order valence-electron chi connectivity index (χ0n) is 11.8. The van der Waals surface area contributed by atoms with Crippen molar-refractivity contribution in [1.29, 1.82) is 0 Å². The second-order valence-corrected chi connectivity index (χ2v) is 5.39. The van der Waals surface area contributed by atoms with Crippen molar-refractivity contribution in [3.63, 3.8) is 0 Å². The van der Waals surface area contributed by atoms with Gasteiger partial charge in [-0.05, 0) is 18.9 Å². The molecule has 7 nitrogen and oxygen atoms in total. The Morgan fingerprint density at radius 2 is 2.10 bits per heavy atom. The van der Waals surface area contributed by atoms with Crippen molar-refractivity contribution in [1.82, 2.24) is 15.5 Å². The Balaban J connectivity index is 1.70. The standard InChI is InChI=1S/C14H17N3O4/c1-2-10-9(3-8-21-10)11(18)17-6-4-14(5-7-17)12(19)15-13(20)16-14/h3,8H,2,4-7H2,1H3,(H2,15,16,19,20). The number of nitrogens with one attached hydrogen (secondary N) is 2. The number of furan rings is 1. The molecule has 2 fully saturated rings. The van der Waals surface area contributed by atoms with Gasteiger partial charge in [0.15, 0.2) is 0 Å². The van der Waals surface area contributed by atoms with Gasteiger partial charge >= 0.3 is 6.03 Å². The minimum absolute atomic E-state index is 0.0832. The van der Waals surface area contributed by atoms with Crippen LogP contribution in [0, 0.1) is 0 Å². The fourth-order valence-corrected chi connectivity index (χ4v) is 2.95. The topological polar surface area (TPSA) is 91.7 Å². The number of nitrogens with zero attached hydrogens (tertiary/aromatic N) is 1. The number of urea groups is 1. The summed E-state index contributed by atoms with van der Waals surface area (Å²) in [4.78, 5) is 37.3. The molecule has 21 heavy (non-hydrogen) atoms. The van der Waals surface area contributed by atoms with Crippen molar-refractivity contribution in [3.05, 3.63) is 23.7 Å². The number of rotatable bonds is 2. The van der Waals surface area contributed by atoms with E-state index >= 15 is 0 Å². The summed E-state index contributed by atoms with van der Waals surface area (Å²) >= 11 is 0. The summed E-state index contributed by atoms with van der Waals surface area (Å²) in [7, 11) is 0. The molecule has 0 bridgehead atoms. The average Bonchev–Trinajstić information content (AvgIpc) is 3.04. The second-order valence-electron chi connectivity index (χ2n) is 5.39. The highest BCUT2D eigenvalue weighted by Crippen LogP contribution is 2.27. The zero-order valence-corrected chi connectivity index (χ0v) is 11.8. The smallest absolute Gasteiger partial charge is 0.322 e. The lowest BCUT2D eigenvalue weighted by atomic mass is 9.87. The van der Waals surface area contributed by atoms with Gasteiger partial charge in [0.2, 0.25) is 0 Å². The first-order chi connectivity index (χ1) is 10.1. The molecule has 0 aliphatic carbocycles. The average molecular weight is 291 g/mol. The molecule has 2 N–H and O–H groups in total. The molecule has 2 aliphatic heterocycles. The minimum Gasteiger partial charge on any atom is -0.469 e. The van der Waals surface area contributed by atoms with E-state index < -0.39 is 11.6 Å². The monoisotopic (exact) mass is 291 g/mol. The van der Waals surface area contributed by atoms with E-state index in [4.69, 9.17) is 4.42 Å². The highest BCUT2D eigenvalue weighted by molar-refractivity contribution is 6.07. The lowest BCUT2D eigenvalue weighted by Gasteiger charge is -2.36. The van der Waals surface area contributed by atoms with Crippen LogP contribution in [0.3, 0.4) is 0 Å². The molecule has 1 aromatic heterocycles. The Kier molecular flexibility index (Phi) is 3.19. The maximum Gasteiger partial charge on any atom is 0.322 e. The van der Waals surface area contributed by atoms with Gasteiger partial charge in [0.25, 0.3) is 11.8 Å². The molecule has 2 saturated heterocycles. The van der Waals surface area contributed by atoms with Crippen LogP contribution in [-0.2, 0) is 11.2 Å². The SMILES string of the molecule is CCc1occc1C(=O)N1CCC2(CC1)NC(=O)NC2=O. The third-order valence-corrected chi connectivity index (χ3v) is 4.22. The van der Waals surface area contributed by atoms with Crippen molar-refractivity contribution < 1.29 is 18.8 Å². The first-order valence-corrected chi connectivity index (χ1v) is 7.05. The van der Waals surface area contributed by atoms with E-state index in [1.54, 1.807) is 11.0 Å². The van der Waals surface area contributed by atoms with E-state index in [-0.39, 0.29) is 11.8 Å². The highest BCUT2D eigenvalue weighted by atomic mass is 16.3. The summed E-state index contributed by atoms with van der Waals surface area (Å²) in [5.41, 5.74) is -0.272. The Hall–Kier alpha value is -2.31. The molecule has 112 valence electrons. The van der Waals surface area contributed by atoms with Crippen LogP contribution in [0.25, 0.3) is 0 Å². The summed E-state index contributed by atoms with van der Waals surface area (Å²) in [6, 6.07) is 1.22. The lowest BCUT2D eigenvalue weighted by molar-refractivity contribution is -0.125. The second kappa shape index (κ2) is 4.91. The Morgan fingerprint density at radius 3 is 2.67 bits per heavy atom. The fourth-order valence-electron chi connectivity index (χ4n) is 2.95. The first-order valence-electron chi connectivity index (χ1n) is 7.05. The van der Waals surface area contributed by atoms with Crippen LogP contribution in [0.5, 0.6) is 0 Å². The van der Waals surface area contributed by atoms with Gasteiger partial charge in [0, 0.05) is 19.5 Å². The molecular formula is C14H17N3O4. The molecule has 7 heteroatoms. The fraction of sp³-hybridized carbons (Fsp3) is 0.500. The third-order valence-electron chi connectivity index (χ3n) is 4.22. The number of hydrogen-bond acceptors (Lipinski definition) is 4. The number of aryl methyl sites for hydroxylation is 1. The molecule has 0 atom stereocenters. The summed E-state index contributed by atoms with van der Waals surface area (Å²) in [5, 5.41) is 4.94. The van der Waals surface area contributed by atoms with E-state index in [0.717, 1.165) is 0 Å². The van der Waals surface area contributed by atoms with Crippen LogP contribution in [0.4, 0.5) is 4.79 Å². The molecule has 1 aromatic rings.